The van der Waals surface area contributed by atoms with Gasteiger partial charge < -0.3 is 19.1 Å². The van der Waals surface area contributed by atoms with E-state index in [1.807, 2.05) is 48.6 Å². The number of benzene rings is 6. The Kier molecular flexibility index (Phi) is 18.2. The molecule has 0 aliphatic heterocycles. The van der Waals surface area contributed by atoms with Crippen LogP contribution in [0.5, 0.6) is 23.0 Å². The van der Waals surface area contributed by atoms with Gasteiger partial charge in [-0.05, 0) is 147 Å². The summed E-state index contributed by atoms with van der Waals surface area (Å²) in [4.78, 5) is 25.1. The lowest BCUT2D eigenvalue weighted by Gasteiger charge is -2.30. The summed E-state index contributed by atoms with van der Waals surface area (Å²) in [6, 6.07) is 46.0. The number of carbonyl (C=O) groups is 1. The van der Waals surface area contributed by atoms with Crippen LogP contribution in [-0.2, 0) is 25.9 Å². The van der Waals surface area contributed by atoms with E-state index >= 15 is 0 Å². The Hall–Kier alpha value is -6.37. The normalized spacial score (nSPS) is 16.2. The highest BCUT2D eigenvalue weighted by Crippen LogP contribution is 2.63. The van der Waals surface area contributed by atoms with E-state index < -0.39 is 5.97 Å². The van der Waals surface area contributed by atoms with Crippen molar-refractivity contribution in [3.8, 4) is 45.3 Å². The monoisotopic (exact) mass is 979 g/mol. The fraction of sp³-hybridized carbons (Fsp3) is 0.388. The molecule has 1 atom stereocenters. The lowest BCUT2D eigenvalue weighted by molar-refractivity contribution is -0.195. The van der Waals surface area contributed by atoms with Crippen LogP contribution < -0.4 is 19.1 Å². The van der Waals surface area contributed by atoms with Crippen molar-refractivity contribution in [3.05, 3.63) is 179 Å². The highest BCUT2D eigenvalue weighted by molar-refractivity contribution is 5.89. The number of hydrogen-bond donors (Lipinski definition) is 0. The second-order valence-electron chi connectivity index (χ2n) is 21.7. The summed E-state index contributed by atoms with van der Waals surface area (Å²) in [6.45, 7) is 15.6. The predicted octanol–water partition coefficient (Wildman–Crippen LogP) is 17.8. The minimum atomic E-state index is -0.413. The summed E-state index contributed by atoms with van der Waals surface area (Å²) >= 11 is 0. The fourth-order valence-corrected chi connectivity index (χ4v) is 11.3. The molecule has 1 spiro atoms. The van der Waals surface area contributed by atoms with Gasteiger partial charge in [-0.2, -0.15) is 4.89 Å². The first-order chi connectivity index (χ1) is 35.5. The molecule has 1 unspecified atom stereocenters. The van der Waals surface area contributed by atoms with E-state index in [1.165, 1.54) is 92.5 Å². The molecule has 0 saturated heterocycles. The summed E-state index contributed by atoms with van der Waals surface area (Å²) in [5.41, 5.74) is 11.2. The molecule has 0 fully saturated rings. The summed E-state index contributed by atoms with van der Waals surface area (Å²) in [5.74, 6) is 2.63. The van der Waals surface area contributed by atoms with E-state index in [1.54, 1.807) is 0 Å². The van der Waals surface area contributed by atoms with Gasteiger partial charge in [-0.25, -0.2) is 4.79 Å². The second-order valence-corrected chi connectivity index (χ2v) is 21.7. The van der Waals surface area contributed by atoms with Crippen molar-refractivity contribution in [2.45, 2.75) is 148 Å². The Morgan fingerprint density at radius 3 is 1.37 bits per heavy atom. The van der Waals surface area contributed by atoms with E-state index in [-0.39, 0.29) is 16.2 Å². The average molecular weight is 979 g/mol. The molecular formula is C67H78O6. The zero-order valence-corrected chi connectivity index (χ0v) is 44.5. The molecule has 0 bridgehead atoms. The third-order valence-corrected chi connectivity index (χ3v) is 14.9. The van der Waals surface area contributed by atoms with Crippen molar-refractivity contribution in [1.29, 1.82) is 0 Å². The molecule has 0 radical (unpaired) electrons. The van der Waals surface area contributed by atoms with Crippen LogP contribution in [0.2, 0.25) is 0 Å². The highest BCUT2D eigenvalue weighted by atomic mass is 17.2. The van der Waals surface area contributed by atoms with Gasteiger partial charge in [-0.3, -0.25) is 0 Å². The molecule has 8 rings (SSSR count). The molecule has 0 aromatic heterocycles. The topological polar surface area (TPSA) is 63.2 Å². The first kappa shape index (κ1) is 52.9. The van der Waals surface area contributed by atoms with Gasteiger partial charge in [-0.15, -0.1) is 0 Å². The van der Waals surface area contributed by atoms with Gasteiger partial charge in [0.2, 0.25) is 0 Å². The summed E-state index contributed by atoms with van der Waals surface area (Å²) in [5, 5.41) is 0. The maximum absolute atomic E-state index is 13.3. The molecule has 0 heterocycles. The van der Waals surface area contributed by atoms with Crippen LogP contribution in [0, 0.1) is 0 Å². The average Bonchev–Trinajstić information content (AvgIpc) is 3.76. The fourth-order valence-electron chi connectivity index (χ4n) is 11.3. The van der Waals surface area contributed by atoms with Gasteiger partial charge in [0.1, 0.15) is 23.9 Å². The lowest BCUT2D eigenvalue weighted by Crippen LogP contribution is -2.27. The number of unbranched alkanes of at least 4 members (excludes halogenated alkanes) is 10. The van der Waals surface area contributed by atoms with Crippen LogP contribution in [0.1, 0.15) is 165 Å². The minimum absolute atomic E-state index is 0.0781. The van der Waals surface area contributed by atoms with Crippen molar-refractivity contribution in [2.24, 2.45) is 0 Å². The third-order valence-electron chi connectivity index (χ3n) is 14.9. The highest BCUT2D eigenvalue weighted by Gasteiger charge is 2.56. The van der Waals surface area contributed by atoms with Crippen LogP contribution in [-0.4, -0.2) is 25.8 Å². The Balaban J connectivity index is 0.843. The molecule has 0 amide bonds. The molecule has 6 aromatic carbocycles. The van der Waals surface area contributed by atoms with Crippen LogP contribution in [0.3, 0.4) is 0 Å². The maximum Gasteiger partial charge on any atom is 0.336 e. The molecule has 0 saturated carbocycles. The number of fused-ring (bicyclic) bond motifs is 4. The van der Waals surface area contributed by atoms with Crippen molar-refractivity contribution in [1.82, 2.24) is 0 Å². The van der Waals surface area contributed by atoms with Crippen LogP contribution >= 0.6 is 0 Å². The van der Waals surface area contributed by atoms with E-state index in [9.17, 15) is 4.79 Å². The molecular weight excluding hydrogens is 901 g/mol. The molecule has 6 aromatic rings. The Morgan fingerprint density at radius 2 is 0.877 bits per heavy atom. The van der Waals surface area contributed by atoms with E-state index in [0.29, 0.717) is 18.1 Å². The predicted molar refractivity (Wildman–Crippen MR) is 301 cm³/mol. The zero-order chi connectivity index (χ0) is 51.1. The Bertz CT molecular complexity index is 2760. The van der Waals surface area contributed by atoms with Crippen LogP contribution in [0.4, 0.5) is 0 Å². The second kappa shape index (κ2) is 25.0. The SMILES string of the molecule is CCCCCCCCOc1ccc(-c2ccc(C=CCOOc3ccc4c(c3)C3(CC4(C)C)CC(C)(C)c4ccc(OC(=O)C=Cc5ccc(-c6ccc(OCCCCCCCC)cc6)cc5)cc43)cc2)cc1. The number of hydrogen-bond acceptors (Lipinski definition) is 6. The van der Waals surface area contributed by atoms with Crippen molar-refractivity contribution in [2.75, 3.05) is 19.8 Å². The molecule has 73 heavy (non-hydrogen) atoms. The van der Waals surface area contributed by atoms with Gasteiger partial charge in [0.15, 0.2) is 5.75 Å². The standard InChI is InChI=1S/C67H78O6/c1-7-9-11-13-15-17-43-69-56-34-30-54(31-35-56)52-26-21-50(22-27-52)20-19-45-71-73-59-39-41-61-63(47-59)67(49-66(61,5)6)48-65(3,4)60-40-38-58(46-62(60)67)72-64(68)42-25-51-23-28-53(29-24-51)55-32-36-57(37-33-55)70-44-18-16-14-12-10-8-2/h19-42,46-47H,7-18,43-45,48-49H2,1-6H3. The summed E-state index contributed by atoms with van der Waals surface area (Å²) in [6.07, 6.45) is 24.3. The smallest absolute Gasteiger partial charge is 0.336 e. The van der Waals surface area contributed by atoms with Gasteiger partial charge in [0, 0.05) is 11.5 Å². The van der Waals surface area contributed by atoms with Crippen molar-refractivity contribution >= 4 is 18.1 Å². The quantitative estimate of drug-likeness (QED) is 0.0135. The summed E-state index contributed by atoms with van der Waals surface area (Å²) in [7, 11) is 0. The molecule has 2 aliphatic carbocycles. The Morgan fingerprint density at radius 1 is 0.466 bits per heavy atom. The molecule has 6 nitrogen and oxygen atoms in total. The van der Waals surface area contributed by atoms with Gasteiger partial charge >= 0.3 is 5.97 Å². The van der Waals surface area contributed by atoms with Gasteiger partial charge in [0.25, 0.3) is 0 Å². The van der Waals surface area contributed by atoms with Gasteiger partial charge in [-0.1, -0.05) is 203 Å². The molecule has 6 heteroatoms. The maximum atomic E-state index is 13.3. The summed E-state index contributed by atoms with van der Waals surface area (Å²) < 4.78 is 18.0. The Labute approximate surface area is 436 Å². The molecule has 382 valence electrons. The minimum Gasteiger partial charge on any atom is -0.494 e. The third kappa shape index (κ3) is 13.8. The van der Waals surface area contributed by atoms with Crippen molar-refractivity contribution in [3.63, 3.8) is 0 Å². The zero-order valence-electron chi connectivity index (χ0n) is 44.5. The van der Waals surface area contributed by atoms with Gasteiger partial charge in [0.05, 0.1) is 13.2 Å². The van der Waals surface area contributed by atoms with Crippen molar-refractivity contribution < 1.29 is 28.8 Å². The van der Waals surface area contributed by atoms with E-state index in [2.05, 4.69) is 145 Å². The van der Waals surface area contributed by atoms with E-state index in [0.717, 1.165) is 83.8 Å². The van der Waals surface area contributed by atoms with Crippen LogP contribution in [0.15, 0.2) is 146 Å². The number of rotatable bonds is 26. The number of esters is 1. The first-order valence-corrected chi connectivity index (χ1v) is 27.3. The largest absolute Gasteiger partial charge is 0.494 e. The number of carbonyl (C=O) groups excluding carboxylic acids is 1. The molecule has 0 N–H and O–H groups in total. The molecule has 2 aliphatic rings. The van der Waals surface area contributed by atoms with Crippen LogP contribution in [0.25, 0.3) is 34.4 Å². The van der Waals surface area contributed by atoms with E-state index in [4.69, 9.17) is 24.0 Å². The first-order valence-electron chi connectivity index (χ1n) is 27.3. The number of ether oxygens (including phenoxy) is 3. The lowest BCUT2D eigenvalue weighted by atomic mass is 9.72.